The fraction of sp³-hybridized carbons (Fsp3) is 0.333. The smallest absolute Gasteiger partial charge is 0.120 e. The van der Waals surface area contributed by atoms with E-state index in [1.807, 2.05) is 6.92 Å². The lowest BCUT2D eigenvalue weighted by Gasteiger charge is -2.12. The van der Waals surface area contributed by atoms with Gasteiger partial charge in [0.15, 0.2) is 0 Å². The number of rotatable bonds is 2. The lowest BCUT2D eigenvalue weighted by Crippen LogP contribution is -2.14. The third-order valence-corrected chi connectivity index (χ3v) is 2.76. The molecular weight excluding hydrogens is 234 g/mol. The molecule has 13 heavy (non-hydrogen) atoms. The number of aryl methyl sites for hydroxylation is 1. The second kappa shape index (κ2) is 4.09. The maximum Gasteiger partial charge on any atom is 0.120 e. The molecule has 4 N–H and O–H groups in total. The van der Waals surface area contributed by atoms with Crippen LogP contribution >= 0.6 is 15.9 Å². The van der Waals surface area contributed by atoms with Crippen molar-refractivity contribution in [1.29, 1.82) is 0 Å². The number of aliphatic hydroxyl groups excluding tert-OH is 1. The van der Waals surface area contributed by atoms with Crippen LogP contribution in [-0.2, 0) is 0 Å². The van der Waals surface area contributed by atoms with Gasteiger partial charge >= 0.3 is 0 Å². The molecule has 0 bridgehead atoms. The summed E-state index contributed by atoms with van der Waals surface area (Å²) in [7, 11) is 0. The molecule has 1 atom stereocenters. The molecule has 1 aromatic carbocycles. The first-order chi connectivity index (χ1) is 6.06. The van der Waals surface area contributed by atoms with E-state index in [1.54, 1.807) is 12.1 Å². The van der Waals surface area contributed by atoms with Crippen molar-refractivity contribution in [3.8, 4) is 5.75 Å². The summed E-state index contributed by atoms with van der Waals surface area (Å²) >= 11 is 3.33. The SMILES string of the molecule is Cc1cc(O)c([C@@H](N)CO)cc1Br. The minimum Gasteiger partial charge on any atom is -0.508 e. The summed E-state index contributed by atoms with van der Waals surface area (Å²) in [5.41, 5.74) is 7.08. The maximum atomic E-state index is 9.51. The fourth-order valence-electron chi connectivity index (χ4n) is 1.08. The highest BCUT2D eigenvalue weighted by Crippen LogP contribution is 2.29. The van der Waals surface area contributed by atoms with Gasteiger partial charge in [0.25, 0.3) is 0 Å². The minimum absolute atomic E-state index is 0.127. The Morgan fingerprint density at radius 2 is 2.15 bits per heavy atom. The number of hydrogen-bond donors (Lipinski definition) is 3. The first-order valence-electron chi connectivity index (χ1n) is 3.91. The number of benzene rings is 1. The van der Waals surface area contributed by atoms with E-state index in [-0.39, 0.29) is 12.4 Å². The molecule has 0 fully saturated rings. The molecule has 3 nitrogen and oxygen atoms in total. The Morgan fingerprint density at radius 1 is 1.54 bits per heavy atom. The number of hydrogen-bond acceptors (Lipinski definition) is 3. The van der Waals surface area contributed by atoms with Crippen LogP contribution in [0.4, 0.5) is 0 Å². The highest BCUT2D eigenvalue weighted by molar-refractivity contribution is 9.10. The van der Waals surface area contributed by atoms with Gasteiger partial charge in [-0.05, 0) is 24.6 Å². The monoisotopic (exact) mass is 245 g/mol. The van der Waals surface area contributed by atoms with Crippen LogP contribution < -0.4 is 5.73 Å². The number of nitrogens with two attached hydrogens (primary N) is 1. The van der Waals surface area contributed by atoms with Crippen LogP contribution in [0.25, 0.3) is 0 Å². The van der Waals surface area contributed by atoms with Crippen molar-refractivity contribution in [3.05, 3.63) is 27.7 Å². The first kappa shape index (κ1) is 10.5. The second-order valence-electron chi connectivity index (χ2n) is 2.95. The Hall–Kier alpha value is -0.580. The van der Waals surface area contributed by atoms with E-state index in [0.717, 1.165) is 10.0 Å². The van der Waals surface area contributed by atoms with Gasteiger partial charge in [-0.3, -0.25) is 0 Å². The molecule has 0 saturated heterocycles. The predicted molar refractivity (Wildman–Crippen MR) is 54.6 cm³/mol. The van der Waals surface area contributed by atoms with Gasteiger partial charge in [0.1, 0.15) is 5.75 Å². The standard InChI is InChI=1S/C9H12BrNO2/c1-5-2-9(13)6(3-7(5)10)8(11)4-12/h2-3,8,12-13H,4,11H2,1H3/t8-/m0/s1. The number of aromatic hydroxyl groups is 1. The summed E-state index contributed by atoms with van der Waals surface area (Å²) in [5, 5.41) is 18.3. The summed E-state index contributed by atoms with van der Waals surface area (Å²) in [6, 6.07) is 2.82. The fourth-order valence-corrected chi connectivity index (χ4v) is 1.44. The molecule has 0 aliphatic rings. The van der Waals surface area contributed by atoms with Crippen molar-refractivity contribution in [1.82, 2.24) is 0 Å². The van der Waals surface area contributed by atoms with Gasteiger partial charge < -0.3 is 15.9 Å². The average Bonchev–Trinajstić information content (AvgIpc) is 2.10. The van der Waals surface area contributed by atoms with Gasteiger partial charge in [0.2, 0.25) is 0 Å². The maximum absolute atomic E-state index is 9.51. The number of halogens is 1. The predicted octanol–water partition coefficient (Wildman–Crippen LogP) is 1.46. The molecule has 0 radical (unpaired) electrons. The molecular formula is C9H12BrNO2. The highest BCUT2D eigenvalue weighted by atomic mass is 79.9. The first-order valence-corrected chi connectivity index (χ1v) is 4.71. The van der Waals surface area contributed by atoms with Crippen LogP contribution in [-0.4, -0.2) is 16.8 Å². The summed E-state index contributed by atoms with van der Waals surface area (Å²) in [6.07, 6.45) is 0. The van der Waals surface area contributed by atoms with Gasteiger partial charge in [-0.15, -0.1) is 0 Å². The van der Waals surface area contributed by atoms with Gasteiger partial charge in [-0.25, -0.2) is 0 Å². The minimum atomic E-state index is -0.531. The third-order valence-electron chi connectivity index (χ3n) is 1.90. The molecule has 0 heterocycles. The molecule has 1 rings (SSSR count). The largest absolute Gasteiger partial charge is 0.508 e. The van der Waals surface area contributed by atoms with E-state index in [2.05, 4.69) is 15.9 Å². The third kappa shape index (κ3) is 2.21. The molecule has 0 spiro atoms. The van der Waals surface area contributed by atoms with Crippen molar-refractivity contribution in [3.63, 3.8) is 0 Å². The van der Waals surface area contributed by atoms with Crippen LogP contribution in [0.15, 0.2) is 16.6 Å². The Labute approximate surface area is 85.3 Å². The van der Waals surface area contributed by atoms with Crippen LogP contribution in [0.2, 0.25) is 0 Å². The lowest BCUT2D eigenvalue weighted by molar-refractivity contribution is 0.265. The Morgan fingerprint density at radius 3 is 2.69 bits per heavy atom. The van der Waals surface area contributed by atoms with Gasteiger partial charge in [0.05, 0.1) is 12.6 Å². The van der Waals surface area contributed by atoms with E-state index < -0.39 is 6.04 Å². The van der Waals surface area contributed by atoms with E-state index in [9.17, 15) is 5.11 Å². The number of aliphatic hydroxyl groups is 1. The van der Waals surface area contributed by atoms with Crippen LogP contribution in [0.3, 0.4) is 0 Å². The quantitative estimate of drug-likeness (QED) is 0.739. The second-order valence-corrected chi connectivity index (χ2v) is 3.80. The van der Waals surface area contributed by atoms with Crippen LogP contribution in [0.5, 0.6) is 5.75 Å². The number of phenols is 1. The van der Waals surface area contributed by atoms with Crippen molar-refractivity contribution < 1.29 is 10.2 Å². The normalized spacial score (nSPS) is 12.9. The zero-order chi connectivity index (χ0) is 10.0. The molecule has 0 unspecified atom stereocenters. The molecule has 0 aliphatic heterocycles. The van der Waals surface area contributed by atoms with Crippen molar-refractivity contribution in [2.75, 3.05) is 6.61 Å². The molecule has 0 aromatic heterocycles. The van der Waals surface area contributed by atoms with Crippen LogP contribution in [0.1, 0.15) is 17.2 Å². The van der Waals surface area contributed by atoms with E-state index >= 15 is 0 Å². The molecule has 72 valence electrons. The molecule has 0 aliphatic carbocycles. The molecule has 4 heteroatoms. The van der Waals surface area contributed by atoms with Crippen molar-refractivity contribution in [2.24, 2.45) is 5.73 Å². The van der Waals surface area contributed by atoms with Gasteiger partial charge in [0, 0.05) is 10.0 Å². The van der Waals surface area contributed by atoms with E-state index in [1.165, 1.54) is 0 Å². The average molecular weight is 246 g/mol. The van der Waals surface area contributed by atoms with E-state index in [0.29, 0.717) is 5.56 Å². The zero-order valence-electron chi connectivity index (χ0n) is 7.29. The lowest BCUT2D eigenvalue weighted by atomic mass is 10.1. The zero-order valence-corrected chi connectivity index (χ0v) is 8.87. The Balaban J connectivity index is 3.15. The summed E-state index contributed by atoms with van der Waals surface area (Å²) in [5.74, 6) is 0.127. The summed E-state index contributed by atoms with van der Waals surface area (Å²) < 4.78 is 0.879. The molecule has 1 aromatic rings. The number of phenolic OH excluding ortho intramolecular Hbond substituents is 1. The highest BCUT2D eigenvalue weighted by Gasteiger charge is 2.11. The van der Waals surface area contributed by atoms with Gasteiger partial charge in [-0.2, -0.15) is 0 Å². The van der Waals surface area contributed by atoms with Crippen molar-refractivity contribution in [2.45, 2.75) is 13.0 Å². The Bertz CT molecular complexity index is 315. The topological polar surface area (TPSA) is 66.5 Å². The summed E-state index contributed by atoms with van der Waals surface area (Å²) in [4.78, 5) is 0. The summed E-state index contributed by atoms with van der Waals surface area (Å²) in [6.45, 7) is 1.70. The van der Waals surface area contributed by atoms with Crippen LogP contribution in [0, 0.1) is 6.92 Å². The van der Waals surface area contributed by atoms with Gasteiger partial charge in [-0.1, -0.05) is 15.9 Å². The Kier molecular flexibility index (Phi) is 3.30. The molecule has 0 saturated carbocycles. The van der Waals surface area contributed by atoms with E-state index in [4.69, 9.17) is 10.8 Å². The van der Waals surface area contributed by atoms with Crippen molar-refractivity contribution >= 4 is 15.9 Å². The molecule has 0 amide bonds.